The average molecular weight is 1360 g/mol. The first kappa shape index (κ1) is 66.9. The summed E-state index contributed by atoms with van der Waals surface area (Å²) >= 11 is 3.31. The number of rotatable bonds is 17. The summed E-state index contributed by atoms with van der Waals surface area (Å²) in [5.41, 5.74) is 12.4. The maximum Gasteiger partial charge on any atom is 0.407 e. The van der Waals surface area contributed by atoms with E-state index < -0.39 is 11.7 Å². The van der Waals surface area contributed by atoms with Gasteiger partial charge in [0.05, 0.1) is 24.3 Å². The van der Waals surface area contributed by atoms with Gasteiger partial charge in [0.25, 0.3) is 0 Å². The van der Waals surface area contributed by atoms with Gasteiger partial charge in [-0.05, 0) is 98.6 Å². The first-order valence-corrected chi connectivity index (χ1v) is 33.8. The van der Waals surface area contributed by atoms with Crippen LogP contribution in [-0.2, 0) is 21.7 Å². The fourth-order valence-corrected chi connectivity index (χ4v) is 13.3. The van der Waals surface area contributed by atoms with Crippen molar-refractivity contribution in [2.24, 2.45) is 22.0 Å². The lowest BCUT2D eigenvalue weighted by Gasteiger charge is -2.39. The highest BCUT2D eigenvalue weighted by molar-refractivity contribution is 9.08. The second-order valence-corrected chi connectivity index (χ2v) is 27.2. The standard InChI is InChI=1S/C32H36N6O4.C20H26N6O.C19H21BrN6O/c1-32(22-34-31(40)42-21-23-10-4-2-5-11-23)15-17-37(18-16-32)25-20-33-28-27(29(39)24-12-6-3-7-13-24)36-38(30(28)35-25)26-14-8-9-19-41-26;1-19(13-21)8-10-26(11-9-19)15-12-22-16-17(24-25-18(16)23-15)20(2,27)14-6-4-3-5-7-14;1-19(12-22-20)7-9-26(10-8-19)14-11-21-16-15(24-25-18(16)23-14)17(27)13-5-3-2-4-6-13/h2-7,10-13,20,26H,8-9,14-19,21-22H2,1H3,(H,34,40);3-7,12,27H,8-11,13,21H2,1-2H3,(H,23,24,25);2-6,11,22H,7-10,12H2,1H3,(H,23,24,25). The van der Waals surface area contributed by atoms with Crippen molar-refractivity contribution in [3.05, 3.63) is 179 Å². The third kappa shape index (κ3) is 15.2. The minimum absolute atomic E-state index is 0.0627. The molecular weight excluding hydrogens is 1280 g/mol. The smallest absolute Gasteiger partial charge is 0.407 e. The molecule has 4 saturated heterocycles. The molecule has 14 rings (SSSR count). The van der Waals surface area contributed by atoms with Crippen LogP contribution in [0.4, 0.5) is 22.2 Å². The van der Waals surface area contributed by atoms with Crippen molar-refractivity contribution >= 4 is 84.8 Å². The summed E-state index contributed by atoms with van der Waals surface area (Å²) < 4.78 is 16.3. The van der Waals surface area contributed by atoms with E-state index in [-0.39, 0.29) is 40.6 Å². The second kappa shape index (κ2) is 29.5. The lowest BCUT2D eigenvalue weighted by molar-refractivity contribution is -0.0371. The summed E-state index contributed by atoms with van der Waals surface area (Å²) in [6, 6.07) is 37.4. The minimum atomic E-state index is -1.22. The molecule has 96 heavy (non-hydrogen) atoms. The molecule has 0 bridgehead atoms. The third-order valence-electron chi connectivity index (χ3n) is 19.4. The quantitative estimate of drug-likeness (QED) is 0.0365. The number of aliphatic hydroxyl groups is 1. The predicted octanol–water partition coefficient (Wildman–Crippen LogP) is 10.6. The van der Waals surface area contributed by atoms with Crippen LogP contribution in [0.15, 0.2) is 140 Å². The third-order valence-corrected chi connectivity index (χ3v) is 19.7. The number of carbonyl (C=O) groups is 3. The largest absolute Gasteiger partial charge is 0.445 e. The Morgan fingerprint density at radius 1 is 0.646 bits per heavy atom. The van der Waals surface area contributed by atoms with E-state index >= 15 is 0 Å². The monoisotopic (exact) mass is 1360 g/mol. The second-order valence-electron chi connectivity index (χ2n) is 26.7. The highest BCUT2D eigenvalue weighted by Gasteiger charge is 2.36. The number of aromatic amines is 2. The van der Waals surface area contributed by atoms with Crippen LogP contribution in [0, 0.1) is 16.2 Å². The zero-order valence-corrected chi connectivity index (χ0v) is 56.3. The van der Waals surface area contributed by atoms with Gasteiger partial charge in [-0.3, -0.25) is 24.1 Å². The van der Waals surface area contributed by atoms with Gasteiger partial charge in [-0.1, -0.05) is 142 Å². The summed E-state index contributed by atoms with van der Waals surface area (Å²) in [6.07, 6.45) is 13.4. The molecule has 0 aliphatic carbocycles. The first-order chi connectivity index (χ1) is 46.5. The van der Waals surface area contributed by atoms with Gasteiger partial charge in [-0.15, -0.1) is 0 Å². The zero-order chi connectivity index (χ0) is 66.9. The number of alkyl carbamates (subject to hydrolysis) is 1. The van der Waals surface area contributed by atoms with Gasteiger partial charge in [-0.25, -0.2) is 39.4 Å². The minimum Gasteiger partial charge on any atom is -0.445 e. The van der Waals surface area contributed by atoms with E-state index in [1.807, 2.05) is 97.1 Å². The van der Waals surface area contributed by atoms with Crippen LogP contribution in [-0.4, -0.2) is 148 Å². The van der Waals surface area contributed by atoms with Gasteiger partial charge in [0.1, 0.15) is 51.9 Å². The highest BCUT2D eigenvalue weighted by Crippen LogP contribution is 2.37. The molecule has 2 unspecified atom stereocenters. The number of nitrogens with one attached hydrogen (secondary N) is 4. The van der Waals surface area contributed by atoms with Gasteiger partial charge in [-0.2, -0.15) is 15.3 Å². The zero-order valence-electron chi connectivity index (χ0n) is 54.8. The molecule has 1 amide bonds. The van der Waals surface area contributed by atoms with Crippen molar-refractivity contribution < 1.29 is 29.0 Å². The molecule has 0 spiro atoms. The average Bonchev–Trinajstić information content (AvgIpc) is 1.62. The highest BCUT2D eigenvalue weighted by atomic mass is 79.9. The number of fused-ring (bicyclic) bond motifs is 3. The molecule has 4 aliphatic heterocycles. The number of amides is 1. The lowest BCUT2D eigenvalue weighted by Crippen LogP contribution is -2.45. The molecule has 500 valence electrons. The van der Waals surface area contributed by atoms with Crippen LogP contribution >= 0.6 is 16.1 Å². The number of H-pyrrole nitrogens is 2. The molecule has 25 heteroatoms. The van der Waals surface area contributed by atoms with Crippen LogP contribution in [0.3, 0.4) is 0 Å². The van der Waals surface area contributed by atoms with Crippen molar-refractivity contribution in [1.82, 2.24) is 69.7 Å². The van der Waals surface area contributed by atoms with Crippen molar-refractivity contribution in [3.8, 4) is 0 Å². The molecule has 7 N–H and O–H groups in total. The number of piperidine rings is 3. The van der Waals surface area contributed by atoms with Crippen molar-refractivity contribution in [3.63, 3.8) is 0 Å². The molecule has 0 saturated carbocycles. The van der Waals surface area contributed by atoms with Crippen LogP contribution in [0.5, 0.6) is 0 Å². The maximum atomic E-state index is 13.4. The number of ether oxygens (including phenoxy) is 2. The number of ketones is 2. The van der Waals surface area contributed by atoms with E-state index in [1.54, 1.807) is 54.5 Å². The summed E-state index contributed by atoms with van der Waals surface area (Å²) in [7, 11) is 0. The first-order valence-electron chi connectivity index (χ1n) is 33.0. The molecule has 0 radical (unpaired) electrons. The Balaban J connectivity index is 0.000000143. The number of nitrogens with zero attached hydrogens (tertiary/aromatic N) is 13. The SMILES string of the molecule is CC1(CN)CCN(c2cnc3c(C(C)(O)c4ccccc4)[nH]nc3n2)CC1.CC1(CNBr)CCN(c2cnc3c(C(=O)c4ccccc4)[nH]nc3n2)CC1.CC1(CNC(=O)OCc2ccccc2)CCN(c2cnc3c(C(=O)c4ccccc4)nn(C4CCCCO4)c3n2)CC1. The Bertz CT molecular complexity index is 4260. The Labute approximate surface area is 566 Å². The molecule has 6 aromatic heterocycles. The van der Waals surface area contributed by atoms with Crippen LogP contribution < -0.4 is 30.1 Å². The molecule has 4 fully saturated rings. The summed E-state index contributed by atoms with van der Waals surface area (Å²) in [6.45, 7) is 16.7. The molecule has 2 atom stereocenters. The normalized spacial score (nSPS) is 18.2. The van der Waals surface area contributed by atoms with Gasteiger partial charge >= 0.3 is 6.09 Å². The fourth-order valence-electron chi connectivity index (χ4n) is 12.7. The number of nitrogens with two attached hydrogens (primary N) is 1. The van der Waals surface area contributed by atoms with E-state index in [0.29, 0.717) is 81.4 Å². The predicted molar refractivity (Wildman–Crippen MR) is 372 cm³/mol. The Kier molecular flexibility index (Phi) is 20.5. The number of halogens is 1. The number of carbonyl (C=O) groups excluding carboxylic acids is 3. The van der Waals surface area contributed by atoms with E-state index in [2.05, 4.69) is 102 Å². The van der Waals surface area contributed by atoms with Crippen LogP contribution in [0.2, 0.25) is 0 Å². The van der Waals surface area contributed by atoms with E-state index in [9.17, 15) is 19.5 Å². The number of aromatic nitrogens is 12. The van der Waals surface area contributed by atoms with E-state index in [0.717, 1.165) is 132 Å². The van der Waals surface area contributed by atoms with Crippen molar-refractivity contribution in [1.29, 1.82) is 0 Å². The lowest BCUT2D eigenvalue weighted by atomic mass is 9.80. The Hall–Kier alpha value is -9.14. The van der Waals surface area contributed by atoms with E-state index in [4.69, 9.17) is 30.3 Å². The van der Waals surface area contributed by atoms with Gasteiger partial charge in [0, 0.05) is 86.2 Å². The molecule has 4 aromatic carbocycles. The number of anilines is 3. The number of hydrogen-bond donors (Lipinski definition) is 6. The molecule has 10 aromatic rings. The number of hydrogen-bond acceptors (Lipinski definition) is 20. The van der Waals surface area contributed by atoms with Gasteiger partial charge in [0.2, 0.25) is 22.9 Å². The van der Waals surface area contributed by atoms with Crippen LogP contribution in [0.25, 0.3) is 33.5 Å². The summed E-state index contributed by atoms with van der Waals surface area (Å²) in [5.74, 6) is 2.06. The maximum absolute atomic E-state index is 13.4. The fraction of sp³-hybridized carbons (Fsp3) is 0.408. The van der Waals surface area contributed by atoms with Crippen molar-refractivity contribution in [2.45, 2.75) is 104 Å². The molecular formula is C71H83BrN18O6. The van der Waals surface area contributed by atoms with Gasteiger partial charge in [0.15, 0.2) is 17.6 Å². The van der Waals surface area contributed by atoms with E-state index in [1.165, 1.54) is 0 Å². The van der Waals surface area contributed by atoms with Crippen LogP contribution in [0.1, 0.15) is 141 Å². The topological polar surface area (TPSA) is 302 Å². The number of benzene rings is 4. The molecule has 10 heterocycles. The van der Waals surface area contributed by atoms with Crippen molar-refractivity contribution in [2.75, 3.05) is 80.2 Å². The summed E-state index contributed by atoms with van der Waals surface area (Å²) in [4.78, 5) is 73.2. The van der Waals surface area contributed by atoms with Gasteiger partial charge < -0.3 is 40.3 Å². The Morgan fingerprint density at radius 2 is 1.15 bits per heavy atom. The summed E-state index contributed by atoms with van der Waals surface area (Å²) in [5, 5.41) is 33.0. The molecule has 24 nitrogen and oxygen atoms in total. The molecule has 4 aliphatic rings. The Morgan fingerprint density at radius 3 is 1.71 bits per heavy atom.